The number of likely N-dealkylation sites (N-methyl/N-ethyl adjacent to an activating group) is 1. The first kappa shape index (κ1) is 17.7. The van der Waals surface area contributed by atoms with Gasteiger partial charge in [0.15, 0.2) is 6.61 Å². The number of fused-ring (bicyclic) bond motifs is 1. The Labute approximate surface area is 149 Å². The van der Waals surface area contributed by atoms with Gasteiger partial charge in [0.2, 0.25) is 0 Å². The average molecular weight is 355 g/mol. The number of anilines is 1. The number of hydrogen-bond donors (Lipinski definition) is 0. The predicted octanol–water partition coefficient (Wildman–Crippen LogP) is 3.67. The number of amides is 1. The van der Waals surface area contributed by atoms with Crippen molar-refractivity contribution in [3.05, 3.63) is 70.3 Å². The van der Waals surface area contributed by atoms with Crippen molar-refractivity contribution in [1.29, 1.82) is 0 Å². The minimum Gasteiger partial charge on any atom is -0.484 e. The van der Waals surface area contributed by atoms with Gasteiger partial charge in [0.1, 0.15) is 17.1 Å². The largest absolute Gasteiger partial charge is 0.484 e. The highest BCUT2D eigenvalue weighted by Crippen LogP contribution is 2.22. The van der Waals surface area contributed by atoms with Crippen LogP contribution in [-0.2, 0) is 4.79 Å². The number of ether oxygens (including phenoxy) is 1. The Kier molecular flexibility index (Phi) is 5.02. The highest BCUT2D eigenvalue weighted by molar-refractivity contribution is 5.94. The van der Waals surface area contributed by atoms with E-state index in [4.69, 9.17) is 9.15 Å². The maximum Gasteiger partial charge on any atom is 0.336 e. The van der Waals surface area contributed by atoms with E-state index in [1.165, 1.54) is 23.1 Å². The van der Waals surface area contributed by atoms with Crippen LogP contribution in [0.5, 0.6) is 5.75 Å². The monoisotopic (exact) mass is 355 g/mol. The fourth-order valence-electron chi connectivity index (χ4n) is 2.74. The summed E-state index contributed by atoms with van der Waals surface area (Å²) in [7, 11) is 0. The molecule has 0 bridgehead atoms. The van der Waals surface area contributed by atoms with Crippen molar-refractivity contribution < 1.29 is 18.3 Å². The van der Waals surface area contributed by atoms with E-state index in [0.717, 1.165) is 10.9 Å². The Bertz CT molecular complexity index is 995. The number of hydrogen-bond acceptors (Lipinski definition) is 4. The summed E-state index contributed by atoms with van der Waals surface area (Å²) in [5.41, 5.74) is 1.39. The lowest BCUT2D eigenvalue weighted by Gasteiger charge is -2.21. The van der Waals surface area contributed by atoms with Crippen LogP contribution in [0.3, 0.4) is 0 Å². The molecule has 5 nitrogen and oxygen atoms in total. The highest BCUT2D eigenvalue weighted by atomic mass is 19.1. The van der Waals surface area contributed by atoms with Gasteiger partial charge in [0.25, 0.3) is 5.91 Å². The predicted molar refractivity (Wildman–Crippen MR) is 97.1 cm³/mol. The lowest BCUT2D eigenvalue weighted by molar-refractivity contribution is -0.120. The maximum absolute atomic E-state index is 13.0. The van der Waals surface area contributed by atoms with Crippen LogP contribution in [0, 0.1) is 12.7 Å². The second-order valence-corrected chi connectivity index (χ2v) is 5.81. The molecule has 0 fully saturated rings. The summed E-state index contributed by atoms with van der Waals surface area (Å²) in [6.07, 6.45) is 0. The van der Waals surface area contributed by atoms with Gasteiger partial charge >= 0.3 is 5.63 Å². The van der Waals surface area contributed by atoms with E-state index in [1.807, 2.05) is 13.8 Å². The summed E-state index contributed by atoms with van der Waals surface area (Å²) in [6.45, 7) is 3.90. The topological polar surface area (TPSA) is 59.8 Å². The normalized spacial score (nSPS) is 10.7. The van der Waals surface area contributed by atoms with E-state index in [2.05, 4.69) is 0 Å². The van der Waals surface area contributed by atoms with Gasteiger partial charge in [-0.25, -0.2) is 9.18 Å². The molecule has 0 saturated carbocycles. The highest BCUT2D eigenvalue weighted by Gasteiger charge is 2.15. The van der Waals surface area contributed by atoms with Gasteiger partial charge in [0.05, 0.1) is 0 Å². The molecule has 1 heterocycles. The SMILES string of the molecule is CCN(C(=O)COc1ccc2c(C)cc(=O)oc2c1)c1ccc(F)cc1. The molecule has 0 unspecified atom stereocenters. The minimum absolute atomic E-state index is 0.188. The zero-order valence-corrected chi connectivity index (χ0v) is 14.5. The summed E-state index contributed by atoms with van der Waals surface area (Å²) >= 11 is 0. The van der Waals surface area contributed by atoms with Crippen molar-refractivity contribution in [3.8, 4) is 5.75 Å². The maximum atomic E-state index is 13.0. The Morgan fingerprint density at radius 2 is 1.88 bits per heavy atom. The van der Waals surface area contributed by atoms with E-state index in [1.54, 1.807) is 30.3 Å². The molecule has 0 atom stereocenters. The number of carbonyl (C=O) groups is 1. The molecule has 26 heavy (non-hydrogen) atoms. The summed E-state index contributed by atoms with van der Waals surface area (Å²) in [5.74, 6) is -0.193. The molecule has 1 aromatic heterocycles. The van der Waals surface area contributed by atoms with Crippen LogP contribution in [0.15, 0.2) is 57.7 Å². The summed E-state index contributed by atoms with van der Waals surface area (Å²) in [4.78, 5) is 25.4. The van der Waals surface area contributed by atoms with Gasteiger partial charge in [-0.05, 0) is 55.8 Å². The third-order valence-corrected chi connectivity index (χ3v) is 4.04. The molecule has 0 aliphatic heterocycles. The second kappa shape index (κ2) is 7.39. The van der Waals surface area contributed by atoms with Crippen LogP contribution >= 0.6 is 0 Å². The zero-order valence-electron chi connectivity index (χ0n) is 14.5. The lowest BCUT2D eigenvalue weighted by atomic mass is 10.1. The number of benzene rings is 2. The molecule has 2 aromatic carbocycles. The minimum atomic E-state index is -0.434. The van der Waals surface area contributed by atoms with Crippen molar-refractivity contribution in [2.24, 2.45) is 0 Å². The molecule has 0 N–H and O–H groups in total. The van der Waals surface area contributed by atoms with Gasteiger partial charge in [-0.3, -0.25) is 4.79 Å². The fourth-order valence-corrected chi connectivity index (χ4v) is 2.74. The van der Waals surface area contributed by atoms with Crippen LogP contribution < -0.4 is 15.3 Å². The molecule has 134 valence electrons. The van der Waals surface area contributed by atoms with Gasteiger partial charge in [-0.15, -0.1) is 0 Å². The smallest absolute Gasteiger partial charge is 0.336 e. The average Bonchev–Trinajstić information content (AvgIpc) is 2.61. The summed E-state index contributed by atoms with van der Waals surface area (Å²) < 4.78 is 23.8. The first-order valence-corrected chi connectivity index (χ1v) is 8.21. The summed E-state index contributed by atoms with van der Waals surface area (Å²) in [5, 5.41) is 0.810. The zero-order chi connectivity index (χ0) is 18.7. The molecular weight excluding hydrogens is 337 g/mol. The van der Waals surface area contributed by atoms with E-state index >= 15 is 0 Å². The fraction of sp³-hybridized carbons (Fsp3) is 0.200. The third-order valence-electron chi connectivity index (χ3n) is 4.04. The molecule has 0 saturated heterocycles. The van der Waals surface area contributed by atoms with Crippen molar-refractivity contribution in [2.45, 2.75) is 13.8 Å². The van der Waals surface area contributed by atoms with E-state index < -0.39 is 5.63 Å². The van der Waals surface area contributed by atoms with Crippen molar-refractivity contribution in [1.82, 2.24) is 0 Å². The van der Waals surface area contributed by atoms with Crippen LogP contribution in [0.2, 0.25) is 0 Å². The Hall–Kier alpha value is -3.15. The van der Waals surface area contributed by atoms with E-state index in [0.29, 0.717) is 23.6 Å². The van der Waals surface area contributed by atoms with Crippen LogP contribution in [-0.4, -0.2) is 19.1 Å². The Morgan fingerprint density at radius 3 is 2.58 bits per heavy atom. The molecule has 0 radical (unpaired) electrons. The first-order chi connectivity index (χ1) is 12.5. The standard InChI is InChI=1S/C20H18FNO4/c1-3-22(15-6-4-14(21)5-7-15)19(23)12-25-16-8-9-17-13(2)10-20(24)26-18(17)11-16/h4-11H,3,12H2,1-2H3. The quantitative estimate of drug-likeness (QED) is 0.655. The van der Waals surface area contributed by atoms with Gasteiger partial charge in [0, 0.05) is 29.8 Å². The summed E-state index contributed by atoms with van der Waals surface area (Å²) in [6, 6.07) is 12.2. The number of nitrogens with zero attached hydrogens (tertiary/aromatic N) is 1. The number of rotatable bonds is 5. The number of aryl methyl sites for hydroxylation is 1. The molecular formula is C20H18FNO4. The van der Waals surface area contributed by atoms with Crippen LogP contribution in [0.25, 0.3) is 11.0 Å². The van der Waals surface area contributed by atoms with Crippen molar-refractivity contribution in [2.75, 3.05) is 18.1 Å². The van der Waals surface area contributed by atoms with Gasteiger partial charge in [-0.1, -0.05) is 0 Å². The number of halogens is 1. The molecule has 0 spiro atoms. The van der Waals surface area contributed by atoms with Crippen molar-refractivity contribution >= 4 is 22.6 Å². The Balaban J connectivity index is 1.75. The van der Waals surface area contributed by atoms with Gasteiger partial charge in [-0.2, -0.15) is 0 Å². The molecule has 1 amide bonds. The van der Waals surface area contributed by atoms with Crippen molar-refractivity contribution in [3.63, 3.8) is 0 Å². The molecule has 3 aromatic rings. The third kappa shape index (κ3) is 3.74. The lowest BCUT2D eigenvalue weighted by Crippen LogP contribution is -2.34. The number of carbonyl (C=O) groups excluding carboxylic acids is 1. The van der Waals surface area contributed by atoms with E-state index in [9.17, 15) is 14.0 Å². The van der Waals surface area contributed by atoms with Crippen LogP contribution in [0.1, 0.15) is 12.5 Å². The van der Waals surface area contributed by atoms with Gasteiger partial charge < -0.3 is 14.1 Å². The second-order valence-electron chi connectivity index (χ2n) is 5.81. The van der Waals surface area contributed by atoms with E-state index in [-0.39, 0.29) is 18.3 Å². The van der Waals surface area contributed by atoms with Crippen LogP contribution in [0.4, 0.5) is 10.1 Å². The molecule has 0 aliphatic carbocycles. The molecule has 6 heteroatoms. The Morgan fingerprint density at radius 1 is 1.15 bits per heavy atom. The molecule has 0 aliphatic rings. The molecule has 3 rings (SSSR count). The first-order valence-electron chi connectivity index (χ1n) is 8.21.